The van der Waals surface area contributed by atoms with Crippen molar-refractivity contribution in [3.8, 4) is 0 Å². The van der Waals surface area contributed by atoms with Gasteiger partial charge >= 0.3 is 0 Å². The third kappa shape index (κ3) is 3.14. The number of hydrogen-bond donors (Lipinski definition) is 0. The number of rotatable bonds is 4. The fourth-order valence-corrected chi connectivity index (χ4v) is 1.54. The van der Waals surface area contributed by atoms with Crippen molar-refractivity contribution in [2.45, 2.75) is 26.2 Å². The topological polar surface area (TPSA) is 20.3 Å². The zero-order valence-electron chi connectivity index (χ0n) is 8.24. The Hall–Kier alpha value is -0.830. The molecule has 0 unspecified atom stereocenters. The molecule has 0 aliphatic carbocycles. The van der Waals surface area contributed by atoms with Crippen LogP contribution < -0.4 is 3.93 Å². The van der Waals surface area contributed by atoms with E-state index >= 15 is 0 Å². The van der Waals surface area contributed by atoms with Gasteiger partial charge in [0.25, 0.3) is 0 Å². The first kappa shape index (κ1) is 11.2. The van der Waals surface area contributed by atoms with E-state index in [1.165, 1.54) is 3.93 Å². The molecule has 1 rings (SSSR count). The van der Waals surface area contributed by atoms with Gasteiger partial charge in [-0.05, 0) is 18.6 Å². The summed E-state index contributed by atoms with van der Waals surface area (Å²) in [6.45, 7) is 2.08. The minimum absolute atomic E-state index is 0.109. The van der Waals surface area contributed by atoms with E-state index in [9.17, 15) is 4.79 Å². The van der Waals surface area contributed by atoms with Gasteiger partial charge in [-0.1, -0.05) is 31.5 Å². The number of unbranched alkanes of at least 4 members (excludes halogenated alkanes) is 1. The summed E-state index contributed by atoms with van der Waals surface area (Å²) in [6.07, 6.45) is 2.58. The summed E-state index contributed by atoms with van der Waals surface area (Å²) < 4.78 is 1.53. The van der Waals surface area contributed by atoms with Crippen molar-refractivity contribution in [3.05, 3.63) is 30.3 Å². The number of hydrogen-bond acceptors (Lipinski definition) is 1. The highest BCUT2D eigenvalue weighted by Gasteiger charge is 2.10. The predicted molar refractivity (Wildman–Crippen MR) is 62.4 cm³/mol. The largest absolute Gasteiger partial charge is 0.274 e. The molecule has 1 amide bonds. The number of amides is 1. The molecule has 0 spiro atoms. The summed E-state index contributed by atoms with van der Waals surface area (Å²) >= 11 is 3.27. The van der Waals surface area contributed by atoms with Gasteiger partial charge < -0.3 is 0 Å². The van der Waals surface area contributed by atoms with Crippen LogP contribution in [0.4, 0.5) is 5.69 Å². The average molecular weight is 256 g/mol. The summed E-state index contributed by atoms with van der Waals surface area (Å²) in [5.41, 5.74) is 0.883. The van der Waals surface area contributed by atoms with Gasteiger partial charge in [0, 0.05) is 6.42 Å². The monoisotopic (exact) mass is 255 g/mol. The molecule has 0 saturated heterocycles. The van der Waals surface area contributed by atoms with E-state index in [1.54, 1.807) is 0 Å². The van der Waals surface area contributed by atoms with Crippen LogP contribution in [0, 0.1) is 0 Å². The molecule has 0 fully saturated rings. The Morgan fingerprint density at radius 2 is 2.00 bits per heavy atom. The van der Waals surface area contributed by atoms with Crippen LogP contribution >= 0.6 is 16.1 Å². The van der Waals surface area contributed by atoms with E-state index in [4.69, 9.17) is 0 Å². The van der Waals surface area contributed by atoms with Gasteiger partial charge in [0.1, 0.15) is 0 Å². The molecule has 0 saturated carbocycles. The number of carbonyl (C=O) groups excluding carboxylic acids is 1. The maximum atomic E-state index is 11.6. The molecule has 1 aromatic carbocycles. The zero-order chi connectivity index (χ0) is 10.4. The first-order chi connectivity index (χ1) is 6.75. The normalized spacial score (nSPS) is 9.86. The summed E-state index contributed by atoms with van der Waals surface area (Å²) in [5.74, 6) is 0.109. The smallest absolute Gasteiger partial charge is 0.237 e. The van der Waals surface area contributed by atoms with E-state index in [0.29, 0.717) is 6.42 Å². The number of anilines is 1. The van der Waals surface area contributed by atoms with E-state index in [2.05, 4.69) is 23.1 Å². The predicted octanol–water partition coefficient (Wildman–Crippen LogP) is 3.52. The lowest BCUT2D eigenvalue weighted by molar-refractivity contribution is -0.117. The van der Waals surface area contributed by atoms with Crippen LogP contribution in [0.5, 0.6) is 0 Å². The van der Waals surface area contributed by atoms with Gasteiger partial charge in [-0.15, -0.1) is 0 Å². The SMILES string of the molecule is CCCCC(=O)N(Br)c1ccccc1. The minimum atomic E-state index is 0.109. The number of benzene rings is 1. The molecule has 0 atom stereocenters. The third-order valence-corrected chi connectivity index (χ3v) is 2.75. The average Bonchev–Trinajstić information content (AvgIpc) is 2.26. The van der Waals surface area contributed by atoms with Crippen LogP contribution in [0.1, 0.15) is 26.2 Å². The molecule has 0 aliphatic rings. The molecule has 2 nitrogen and oxygen atoms in total. The first-order valence-corrected chi connectivity index (χ1v) is 5.50. The molecule has 0 bridgehead atoms. The van der Waals surface area contributed by atoms with Crippen molar-refractivity contribution in [1.82, 2.24) is 0 Å². The van der Waals surface area contributed by atoms with Gasteiger partial charge in [-0.3, -0.25) is 4.79 Å². The van der Waals surface area contributed by atoms with Crippen molar-refractivity contribution >= 4 is 27.7 Å². The Kier molecular flexibility index (Phi) is 4.66. The van der Waals surface area contributed by atoms with Gasteiger partial charge in [0.15, 0.2) is 0 Å². The van der Waals surface area contributed by atoms with E-state index in [-0.39, 0.29) is 5.91 Å². The number of nitrogens with zero attached hydrogens (tertiary/aromatic N) is 1. The molecule has 3 heteroatoms. The molecule has 0 radical (unpaired) electrons. The third-order valence-electron chi connectivity index (χ3n) is 1.95. The molecule has 0 aliphatic heterocycles. The molecule has 0 aromatic heterocycles. The van der Waals surface area contributed by atoms with Crippen molar-refractivity contribution in [3.63, 3.8) is 0 Å². The van der Waals surface area contributed by atoms with E-state index < -0.39 is 0 Å². The highest BCUT2D eigenvalue weighted by Crippen LogP contribution is 2.18. The quantitative estimate of drug-likeness (QED) is 0.755. The maximum absolute atomic E-state index is 11.6. The Bertz CT molecular complexity index is 287. The summed E-state index contributed by atoms with van der Waals surface area (Å²) in [7, 11) is 0. The second kappa shape index (κ2) is 5.81. The maximum Gasteiger partial charge on any atom is 0.237 e. The van der Waals surface area contributed by atoms with Crippen molar-refractivity contribution in [1.29, 1.82) is 0 Å². The number of carbonyl (C=O) groups is 1. The Balaban J connectivity index is 2.57. The molecular weight excluding hydrogens is 242 g/mol. The van der Waals surface area contributed by atoms with Crippen LogP contribution in [0.15, 0.2) is 30.3 Å². The Morgan fingerprint density at radius 1 is 1.36 bits per heavy atom. The molecule has 1 aromatic rings. The fraction of sp³-hybridized carbons (Fsp3) is 0.364. The van der Waals surface area contributed by atoms with Gasteiger partial charge in [-0.2, -0.15) is 0 Å². The minimum Gasteiger partial charge on any atom is -0.274 e. The van der Waals surface area contributed by atoms with Crippen LogP contribution in [0.2, 0.25) is 0 Å². The van der Waals surface area contributed by atoms with Crippen LogP contribution in [-0.4, -0.2) is 5.91 Å². The summed E-state index contributed by atoms with van der Waals surface area (Å²) in [6, 6.07) is 9.56. The molecule has 76 valence electrons. The standard InChI is InChI=1S/C11H14BrNO/c1-2-3-9-11(14)13(12)10-7-5-4-6-8-10/h4-8H,2-3,9H2,1H3. The zero-order valence-corrected chi connectivity index (χ0v) is 9.83. The number of para-hydroxylation sites is 1. The van der Waals surface area contributed by atoms with E-state index in [0.717, 1.165) is 18.5 Å². The van der Waals surface area contributed by atoms with Gasteiger partial charge in [0.2, 0.25) is 5.91 Å². The molecule has 0 N–H and O–H groups in total. The second-order valence-electron chi connectivity index (χ2n) is 3.11. The lowest BCUT2D eigenvalue weighted by atomic mass is 10.2. The van der Waals surface area contributed by atoms with Gasteiger partial charge in [-0.25, -0.2) is 3.93 Å². The highest BCUT2D eigenvalue weighted by molar-refractivity contribution is 9.10. The second-order valence-corrected chi connectivity index (χ2v) is 3.82. The van der Waals surface area contributed by atoms with Crippen molar-refractivity contribution < 1.29 is 4.79 Å². The van der Waals surface area contributed by atoms with E-state index in [1.807, 2.05) is 30.3 Å². The highest BCUT2D eigenvalue weighted by atomic mass is 79.9. The lowest BCUT2D eigenvalue weighted by Gasteiger charge is -2.13. The molecular formula is C11H14BrNO. The first-order valence-electron chi connectivity index (χ1n) is 4.79. The van der Waals surface area contributed by atoms with Crippen LogP contribution in [-0.2, 0) is 4.79 Å². The summed E-state index contributed by atoms with van der Waals surface area (Å²) in [5, 5.41) is 0. The van der Waals surface area contributed by atoms with Gasteiger partial charge in [0.05, 0.1) is 21.8 Å². The molecule has 14 heavy (non-hydrogen) atoms. The Labute approximate surface area is 93.3 Å². The lowest BCUT2D eigenvalue weighted by Crippen LogP contribution is -2.19. The summed E-state index contributed by atoms with van der Waals surface area (Å²) in [4.78, 5) is 11.6. The van der Waals surface area contributed by atoms with Crippen LogP contribution in [0.3, 0.4) is 0 Å². The molecule has 0 heterocycles. The fourth-order valence-electron chi connectivity index (χ4n) is 1.13. The Morgan fingerprint density at radius 3 is 2.57 bits per heavy atom. The van der Waals surface area contributed by atoms with Crippen molar-refractivity contribution in [2.24, 2.45) is 0 Å². The van der Waals surface area contributed by atoms with Crippen molar-refractivity contribution in [2.75, 3.05) is 3.93 Å². The number of halogens is 1. The van der Waals surface area contributed by atoms with Crippen LogP contribution in [0.25, 0.3) is 0 Å².